The summed E-state index contributed by atoms with van der Waals surface area (Å²) in [4.78, 5) is 11.5. The Hall–Kier alpha value is -0.770. The van der Waals surface area contributed by atoms with Crippen LogP contribution in [0, 0.1) is 0 Å². The first kappa shape index (κ1) is 11.7. The van der Waals surface area contributed by atoms with Crippen molar-refractivity contribution in [2.45, 2.75) is 63.8 Å². The summed E-state index contributed by atoms with van der Waals surface area (Å²) in [7, 11) is 0. The zero-order valence-corrected chi connectivity index (χ0v) is 10.3. The van der Waals surface area contributed by atoms with Gasteiger partial charge in [0.15, 0.2) is 0 Å². The van der Waals surface area contributed by atoms with Gasteiger partial charge in [-0.3, -0.25) is 0 Å². The molecule has 2 unspecified atom stereocenters. The second-order valence-corrected chi connectivity index (χ2v) is 5.77. The molecule has 2 aliphatic rings. The Labute approximate surface area is 96.7 Å². The van der Waals surface area contributed by atoms with E-state index in [-0.39, 0.29) is 11.7 Å². The van der Waals surface area contributed by atoms with Gasteiger partial charge < -0.3 is 14.8 Å². The maximum absolute atomic E-state index is 11.5. The summed E-state index contributed by atoms with van der Waals surface area (Å²) in [6.45, 7) is 6.18. The van der Waals surface area contributed by atoms with Gasteiger partial charge >= 0.3 is 6.09 Å². The van der Waals surface area contributed by atoms with Gasteiger partial charge in [0.2, 0.25) is 0 Å². The number of carbonyl (C=O) groups excluding carboxylic acids is 1. The molecule has 2 atom stereocenters. The number of hydrogen-bond donors (Lipinski definition) is 1. The first-order chi connectivity index (χ1) is 7.41. The smallest absolute Gasteiger partial charge is 0.407 e. The van der Waals surface area contributed by atoms with Crippen LogP contribution in [0.4, 0.5) is 4.79 Å². The third-order valence-corrected chi connectivity index (χ3v) is 3.15. The van der Waals surface area contributed by atoms with Crippen LogP contribution < -0.4 is 5.32 Å². The van der Waals surface area contributed by atoms with Crippen molar-refractivity contribution in [3.8, 4) is 0 Å². The number of fused-ring (bicyclic) bond motifs is 1. The van der Waals surface area contributed by atoms with Crippen LogP contribution in [0.25, 0.3) is 0 Å². The molecule has 2 fully saturated rings. The number of carbonyl (C=O) groups is 1. The molecule has 1 saturated carbocycles. The second-order valence-electron chi connectivity index (χ2n) is 5.77. The van der Waals surface area contributed by atoms with Crippen LogP contribution in [0.5, 0.6) is 0 Å². The molecule has 0 radical (unpaired) electrons. The summed E-state index contributed by atoms with van der Waals surface area (Å²) in [6, 6.07) is 0. The monoisotopic (exact) mass is 227 g/mol. The Morgan fingerprint density at radius 2 is 2.25 bits per heavy atom. The fourth-order valence-corrected chi connectivity index (χ4v) is 2.33. The van der Waals surface area contributed by atoms with Gasteiger partial charge in [-0.1, -0.05) is 12.8 Å². The number of hydrogen-bond acceptors (Lipinski definition) is 3. The molecule has 1 aliphatic carbocycles. The van der Waals surface area contributed by atoms with E-state index in [0.29, 0.717) is 12.6 Å². The normalized spacial score (nSPS) is 32.8. The van der Waals surface area contributed by atoms with Gasteiger partial charge in [-0.05, 0) is 33.6 Å². The molecule has 92 valence electrons. The summed E-state index contributed by atoms with van der Waals surface area (Å²) in [5, 5.41) is 2.80. The lowest BCUT2D eigenvalue weighted by molar-refractivity contribution is 0.0511. The Kier molecular flexibility index (Phi) is 2.86. The number of ether oxygens (including phenoxy) is 2. The van der Waals surface area contributed by atoms with Gasteiger partial charge in [-0.15, -0.1) is 0 Å². The van der Waals surface area contributed by atoms with E-state index in [4.69, 9.17) is 9.47 Å². The molecule has 4 heteroatoms. The number of alkyl carbamates (subject to hydrolysis) is 1. The highest BCUT2D eigenvalue weighted by Crippen LogP contribution is 2.47. The molecular weight excluding hydrogens is 206 g/mol. The highest BCUT2D eigenvalue weighted by molar-refractivity contribution is 5.67. The minimum atomic E-state index is -0.432. The molecule has 2 rings (SSSR count). The van der Waals surface area contributed by atoms with Gasteiger partial charge in [-0.25, -0.2) is 4.79 Å². The van der Waals surface area contributed by atoms with Gasteiger partial charge in [0, 0.05) is 0 Å². The van der Waals surface area contributed by atoms with E-state index >= 15 is 0 Å². The predicted molar refractivity (Wildman–Crippen MR) is 60.3 cm³/mol. The molecule has 0 aromatic carbocycles. The average molecular weight is 227 g/mol. The zero-order chi connectivity index (χ0) is 11.8. The van der Waals surface area contributed by atoms with Crippen LogP contribution in [0.15, 0.2) is 0 Å². The largest absolute Gasteiger partial charge is 0.444 e. The van der Waals surface area contributed by atoms with Crippen LogP contribution in [0.2, 0.25) is 0 Å². The Morgan fingerprint density at radius 3 is 2.88 bits per heavy atom. The number of rotatable bonds is 2. The summed E-state index contributed by atoms with van der Waals surface area (Å²) < 4.78 is 10.9. The van der Waals surface area contributed by atoms with E-state index in [2.05, 4.69) is 5.32 Å². The molecule has 1 saturated heterocycles. The van der Waals surface area contributed by atoms with Crippen LogP contribution in [0.1, 0.15) is 46.5 Å². The van der Waals surface area contributed by atoms with E-state index in [1.807, 2.05) is 20.8 Å². The summed E-state index contributed by atoms with van der Waals surface area (Å²) in [5.41, 5.74) is -0.493. The molecule has 0 aromatic heterocycles. The van der Waals surface area contributed by atoms with Crippen molar-refractivity contribution in [1.29, 1.82) is 0 Å². The molecule has 1 amide bonds. The van der Waals surface area contributed by atoms with Crippen molar-refractivity contribution in [3.05, 3.63) is 0 Å². The average Bonchev–Trinajstić information content (AvgIpc) is 2.87. The van der Waals surface area contributed by atoms with Gasteiger partial charge in [0.1, 0.15) is 11.2 Å². The van der Waals surface area contributed by atoms with Crippen molar-refractivity contribution >= 4 is 6.09 Å². The summed E-state index contributed by atoms with van der Waals surface area (Å²) in [5.74, 6) is 0. The molecule has 0 spiro atoms. The lowest BCUT2D eigenvalue weighted by Crippen LogP contribution is -2.40. The minimum absolute atomic E-state index is 0.0604. The molecule has 1 aliphatic heterocycles. The number of amides is 1. The zero-order valence-electron chi connectivity index (χ0n) is 10.3. The van der Waals surface area contributed by atoms with Crippen LogP contribution >= 0.6 is 0 Å². The molecule has 1 N–H and O–H groups in total. The van der Waals surface area contributed by atoms with E-state index in [9.17, 15) is 4.79 Å². The first-order valence-corrected chi connectivity index (χ1v) is 6.06. The van der Waals surface area contributed by atoms with Crippen molar-refractivity contribution in [3.63, 3.8) is 0 Å². The van der Waals surface area contributed by atoms with Gasteiger partial charge in [0.25, 0.3) is 0 Å². The van der Waals surface area contributed by atoms with E-state index < -0.39 is 5.60 Å². The molecule has 16 heavy (non-hydrogen) atoms. The highest BCUT2D eigenvalue weighted by atomic mass is 16.6. The molecule has 0 bridgehead atoms. The maximum atomic E-state index is 11.5. The van der Waals surface area contributed by atoms with Gasteiger partial charge in [-0.2, -0.15) is 0 Å². The summed E-state index contributed by atoms with van der Waals surface area (Å²) >= 11 is 0. The molecule has 1 heterocycles. The summed E-state index contributed by atoms with van der Waals surface area (Å²) in [6.07, 6.45) is 4.67. The minimum Gasteiger partial charge on any atom is -0.444 e. The topological polar surface area (TPSA) is 50.9 Å². The highest BCUT2D eigenvalue weighted by Gasteiger charge is 2.57. The number of epoxide rings is 1. The van der Waals surface area contributed by atoms with Crippen LogP contribution in [-0.4, -0.2) is 29.9 Å². The van der Waals surface area contributed by atoms with E-state index in [0.717, 1.165) is 12.8 Å². The molecule has 0 aromatic rings. The quantitative estimate of drug-likeness (QED) is 0.736. The Balaban J connectivity index is 1.74. The van der Waals surface area contributed by atoms with Crippen molar-refractivity contribution in [2.75, 3.05) is 6.54 Å². The van der Waals surface area contributed by atoms with E-state index in [1.165, 1.54) is 12.8 Å². The van der Waals surface area contributed by atoms with Crippen LogP contribution in [0.3, 0.4) is 0 Å². The number of nitrogens with one attached hydrogen (secondary N) is 1. The van der Waals surface area contributed by atoms with E-state index in [1.54, 1.807) is 0 Å². The van der Waals surface area contributed by atoms with Gasteiger partial charge in [0.05, 0.1) is 12.6 Å². The van der Waals surface area contributed by atoms with Crippen molar-refractivity contribution in [1.82, 2.24) is 5.32 Å². The fourth-order valence-electron chi connectivity index (χ4n) is 2.33. The SMILES string of the molecule is CC(C)(C)OC(=O)NCC12CCCCC1O2. The fraction of sp³-hybridized carbons (Fsp3) is 0.917. The Morgan fingerprint density at radius 1 is 1.50 bits per heavy atom. The predicted octanol–water partition coefficient (Wildman–Crippen LogP) is 2.22. The first-order valence-electron chi connectivity index (χ1n) is 6.06. The second kappa shape index (κ2) is 3.91. The Bertz CT molecular complexity index is 284. The lowest BCUT2D eigenvalue weighted by Gasteiger charge is -2.22. The van der Waals surface area contributed by atoms with Crippen molar-refractivity contribution in [2.24, 2.45) is 0 Å². The van der Waals surface area contributed by atoms with Crippen LogP contribution in [-0.2, 0) is 9.47 Å². The third-order valence-electron chi connectivity index (χ3n) is 3.15. The lowest BCUT2D eigenvalue weighted by atomic mass is 9.89. The van der Waals surface area contributed by atoms with Crippen molar-refractivity contribution < 1.29 is 14.3 Å². The third kappa shape index (κ3) is 2.67. The maximum Gasteiger partial charge on any atom is 0.407 e. The molecule has 4 nitrogen and oxygen atoms in total. The standard InChI is InChI=1S/C12H21NO3/c1-11(2,3)16-10(14)13-8-12-7-5-4-6-9(12)15-12/h9H,4-8H2,1-3H3,(H,13,14). The molecular formula is C12H21NO3.